The number of carbonyl (C=O) groups excluding carboxylic acids is 2. The standard InChI is InChI=1S/C19H17F2N3O4/c1-10-6-7-11(8-15(10)24(27)28)12-9-23(2)19(26)16(12)18(25)22-14-5-3-4-13(20)17(14)21/h3-8,12,16H,9H2,1-2H3,(H,22,25). The van der Waals surface area contributed by atoms with E-state index in [1.807, 2.05) is 0 Å². The summed E-state index contributed by atoms with van der Waals surface area (Å²) in [5.41, 5.74) is 0.417. The molecule has 0 aromatic heterocycles. The number of nitro groups is 1. The Morgan fingerprint density at radius 2 is 2.00 bits per heavy atom. The van der Waals surface area contributed by atoms with Crippen molar-refractivity contribution in [3.05, 3.63) is 69.3 Å². The molecule has 1 saturated heterocycles. The molecule has 1 aliphatic heterocycles. The fraction of sp³-hybridized carbons (Fsp3) is 0.263. The lowest BCUT2D eigenvalue weighted by atomic mass is 9.87. The molecule has 2 atom stereocenters. The highest BCUT2D eigenvalue weighted by molar-refractivity contribution is 6.08. The fourth-order valence-corrected chi connectivity index (χ4v) is 3.36. The average Bonchev–Trinajstić information content (AvgIpc) is 2.94. The summed E-state index contributed by atoms with van der Waals surface area (Å²) in [6, 6.07) is 7.85. The van der Waals surface area contributed by atoms with E-state index in [1.165, 1.54) is 30.1 Å². The van der Waals surface area contributed by atoms with Gasteiger partial charge in [0.05, 0.1) is 10.6 Å². The van der Waals surface area contributed by atoms with Crippen LogP contribution >= 0.6 is 0 Å². The lowest BCUT2D eigenvalue weighted by molar-refractivity contribution is -0.385. The Bertz CT molecular complexity index is 980. The summed E-state index contributed by atoms with van der Waals surface area (Å²) in [6.45, 7) is 1.76. The van der Waals surface area contributed by atoms with E-state index in [4.69, 9.17) is 0 Å². The van der Waals surface area contributed by atoms with Crippen molar-refractivity contribution in [1.29, 1.82) is 0 Å². The Hall–Kier alpha value is -3.36. The van der Waals surface area contributed by atoms with Crippen LogP contribution in [0.1, 0.15) is 17.0 Å². The molecule has 146 valence electrons. The van der Waals surface area contributed by atoms with Gasteiger partial charge in [-0.15, -0.1) is 0 Å². The number of amides is 2. The van der Waals surface area contributed by atoms with Gasteiger partial charge < -0.3 is 10.2 Å². The van der Waals surface area contributed by atoms with E-state index >= 15 is 0 Å². The summed E-state index contributed by atoms with van der Waals surface area (Å²) in [5.74, 6) is -5.52. The van der Waals surface area contributed by atoms with Crippen molar-refractivity contribution in [2.45, 2.75) is 12.8 Å². The number of aryl methyl sites for hydroxylation is 1. The Kier molecular flexibility index (Phi) is 5.08. The average molecular weight is 389 g/mol. The first kappa shape index (κ1) is 19.4. The van der Waals surface area contributed by atoms with Gasteiger partial charge in [-0.3, -0.25) is 19.7 Å². The molecule has 0 radical (unpaired) electrons. The zero-order valence-corrected chi connectivity index (χ0v) is 15.1. The van der Waals surface area contributed by atoms with Crippen LogP contribution in [0.25, 0.3) is 0 Å². The molecular weight excluding hydrogens is 372 g/mol. The summed E-state index contributed by atoms with van der Waals surface area (Å²) in [6.07, 6.45) is 0. The quantitative estimate of drug-likeness (QED) is 0.494. The highest BCUT2D eigenvalue weighted by Gasteiger charge is 2.44. The highest BCUT2D eigenvalue weighted by atomic mass is 19.2. The summed E-state index contributed by atoms with van der Waals surface area (Å²) in [4.78, 5) is 37.3. The number of halogens is 2. The summed E-state index contributed by atoms with van der Waals surface area (Å²) in [7, 11) is 1.51. The van der Waals surface area contributed by atoms with Crippen LogP contribution in [-0.2, 0) is 9.59 Å². The SMILES string of the molecule is Cc1ccc(C2CN(C)C(=O)C2C(=O)Nc2cccc(F)c2F)cc1[N+](=O)[O-]. The third-order valence-electron chi connectivity index (χ3n) is 4.87. The van der Waals surface area contributed by atoms with E-state index in [0.29, 0.717) is 11.1 Å². The second kappa shape index (κ2) is 7.34. The maximum atomic E-state index is 13.9. The molecule has 1 aliphatic rings. The van der Waals surface area contributed by atoms with Crippen LogP contribution < -0.4 is 5.32 Å². The molecular formula is C19H17F2N3O4. The minimum Gasteiger partial charge on any atom is -0.344 e. The molecule has 0 aliphatic carbocycles. The topological polar surface area (TPSA) is 92.6 Å². The first-order valence-corrected chi connectivity index (χ1v) is 8.45. The van der Waals surface area contributed by atoms with Gasteiger partial charge in [0.1, 0.15) is 5.92 Å². The number of likely N-dealkylation sites (N-methyl/N-ethyl adjacent to an activating group) is 1. The van der Waals surface area contributed by atoms with Crippen molar-refractivity contribution in [1.82, 2.24) is 4.90 Å². The minimum absolute atomic E-state index is 0.116. The second-order valence-electron chi connectivity index (χ2n) is 6.70. The van der Waals surface area contributed by atoms with Crippen molar-refractivity contribution in [2.24, 2.45) is 5.92 Å². The predicted octanol–water partition coefficient (Wildman–Crippen LogP) is 2.99. The van der Waals surface area contributed by atoms with Crippen molar-refractivity contribution in [2.75, 3.05) is 18.9 Å². The Labute approximate surface area is 159 Å². The molecule has 2 aromatic rings. The number of anilines is 1. The zero-order chi connectivity index (χ0) is 20.6. The highest BCUT2D eigenvalue weighted by Crippen LogP contribution is 2.36. The van der Waals surface area contributed by atoms with E-state index in [1.54, 1.807) is 19.1 Å². The molecule has 0 spiro atoms. The molecule has 9 heteroatoms. The predicted molar refractivity (Wildman–Crippen MR) is 96.7 cm³/mol. The number of hydrogen-bond donors (Lipinski definition) is 1. The van der Waals surface area contributed by atoms with Gasteiger partial charge in [0, 0.05) is 31.1 Å². The molecule has 0 saturated carbocycles. The number of rotatable bonds is 4. The van der Waals surface area contributed by atoms with Crippen LogP contribution in [-0.4, -0.2) is 35.2 Å². The number of carbonyl (C=O) groups is 2. The largest absolute Gasteiger partial charge is 0.344 e. The van der Waals surface area contributed by atoms with Crippen LogP contribution in [0.3, 0.4) is 0 Å². The molecule has 1 fully saturated rings. The van der Waals surface area contributed by atoms with E-state index in [0.717, 1.165) is 6.07 Å². The van der Waals surface area contributed by atoms with Crippen LogP contribution in [0.4, 0.5) is 20.2 Å². The van der Waals surface area contributed by atoms with Crippen LogP contribution in [0.5, 0.6) is 0 Å². The van der Waals surface area contributed by atoms with Gasteiger partial charge in [-0.05, 0) is 24.6 Å². The normalized spacial score (nSPS) is 19.0. The van der Waals surface area contributed by atoms with Gasteiger partial charge in [-0.25, -0.2) is 8.78 Å². The molecule has 3 rings (SSSR count). The van der Waals surface area contributed by atoms with Crippen molar-refractivity contribution in [3.8, 4) is 0 Å². The number of hydrogen-bond acceptors (Lipinski definition) is 4. The second-order valence-corrected chi connectivity index (χ2v) is 6.70. The van der Waals surface area contributed by atoms with Crippen LogP contribution in [0, 0.1) is 34.6 Å². The van der Waals surface area contributed by atoms with Gasteiger partial charge in [-0.1, -0.05) is 18.2 Å². The van der Waals surface area contributed by atoms with Gasteiger partial charge >= 0.3 is 0 Å². The maximum absolute atomic E-state index is 13.9. The molecule has 2 amide bonds. The summed E-state index contributed by atoms with van der Waals surface area (Å²) >= 11 is 0. The number of nitro benzene ring substituents is 1. The van der Waals surface area contributed by atoms with Gasteiger partial charge in [-0.2, -0.15) is 0 Å². The maximum Gasteiger partial charge on any atom is 0.272 e. The molecule has 1 N–H and O–H groups in total. The third-order valence-corrected chi connectivity index (χ3v) is 4.87. The van der Waals surface area contributed by atoms with Crippen LogP contribution in [0.2, 0.25) is 0 Å². The zero-order valence-electron chi connectivity index (χ0n) is 15.1. The van der Waals surface area contributed by atoms with E-state index in [9.17, 15) is 28.5 Å². The van der Waals surface area contributed by atoms with Gasteiger partial charge in [0.15, 0.2) is 11.6 Å². The molecule has 2 unspecified atom stereocenters. The molecule has 0 bridgehead atoms. The lowest BCUT2D eigenvalue weighted by Gasteiger charge is -2.17. The first-order valence-electron chi connectivity index (χ1n) is 8.45. The molecule has 2 aromatic carbocycles. The van der Waals surface area contributed by atoms with E-state index in [2.05, 4.69) is 5.32 Å². The lowest BCUT2D eigenvalue weighted by Crippen LogP contribution is -2.33. The summed E-state index contributed by atoms with van der Waals surface area (Å²) in [5, 5.41) is 13.5. The van der Waals surface area contributed by atoms with Crippen LogP contribution in [0.15, 0.2) is 36.4 Å². The Morgan fingerprint density at radius 3 is 2.68 bits per heavy atom. The summed E-state index contributed by atoms with van der Waals surface area (Å²) < 4.78 is 27.2. The number of benzene rings is 2. The fourth-order valence-electron chi connectivity index (χ4n) is 3.36. The van der Waals surface area contributed by atoms with Crippen molar-refractivity contribution < 1.29 is 23.3 Å². The van der Waals surface area contributed by atoms with Crippen molar-refractivity contribution in [3.63, 3.8) is 0 Å². The number of nitrogens with one attached hydrogen (secondary N) is 1. The van der Waals surface area contributed by atoms with Gasteiger partial charge in [0.25, 0.3) is 5.69 Å². The Morgan fingerprint density at radius 1 is 1.29 bits per heavy atom. The number of nitrogens with zero attached hydrogens (tertiary/aromatic N) is 2. The van der Waals surface area contributed by atoms with E-state index < -0.39 is 40.2 Å². The van der Waals surface area contributed by atoms with E-state index in [-0.39, 0.29) is 17.9 Å². The minimum atomic E-state index is -1.22. The van der Waals surface area contributed by atoms with Gasteiger partial charge in [0.2, 0.25) is 11.8 Å². The smallest absolute Gasteiger partial charge is 0.272 e. The number of likely N-dealkylation sites (tertiary alicyclic amines) is 1. The third kappa shape index (κ3) is 3.42. The first-order chi connectivity index (χ1) is 13.2. The van der Waals surface area contributed by atoms with Crippen molar-refractivity contribution >= 4 is 23.2 Å². The monoisotopic (exact) mass is 389 g/mol. The Balaban J connectivity index is 1.95. The molecule has 7 nitrogen and oxygen atoms in total. The molecule has 28 heavy (non-hydrogen) atoms. The molecule has 1 heterocycles.